The second kappa shape index (κ2) is 11.2. The molecule has 0 radical (unpaired) electrons. The van der Waals surface area contributed by atoms with Crippen LogP contribution in [0.2, 0.25) is 0 Å². The lowest BCUT2D eigenvalue weighted by molar-refractivity contribution is -0.0123. The minimum Gasteiger partial charge on any atom is -0.465 e. The van der Waals surface area contributed by atoms with Gasteiger partial charge in [0.25, 0.3) is 0 Å². The summed E-state index contributed by atoms with van der Waals surface area (Å²) in [4.78, 5) is 15.7. The molecule has 4 N–H and O–H groups in total. The molecule has 5 rings (SSSR count). The van der Waals surface area contributed by atoms with Crippen molar-refractivity contribution in [3.8, 4) is 28.7 Å². The van der Waals surface area contributed by atoms with E-state index in [1.54, 1.807) is 16.8 Å². The van der Waals surface area contributed by atoms with Gasteiger partial charge in [0.15, 0.2) is 0 Å². The first-order valence-electron chi connectivity index (χ1n) is 13.0. The number of fused-ring (bicyclic) bond motifs is 1. The van der Waals surface area contributed by atoms with Crippen LogP contribution in [0, 0.1) is 20.9 Å². The number of pyridine rings is 1. The van der Waals surface area contributed by atoms with Crippen molar-refractivity contribution < 1.29 is 19.4 Å². The molecule has 0 bridgehead atoms. The van der Waals surface area contributed by atoms with E-state index in [0.717, 1.165) is 29.7 Å². The van der Waals surface area contributed by atoms with E-state index in [1.165, 1.54) is 24.7 Å². The Bertz CT molecular complexity index is 1640. The summed E-state index contributed by atoms with van der Waals surface area (Å²) < 4.78 is 18.4. The van der Waals surface area contributed by atoms with Crippen molar-refractivity contribution in [2.45, 2.75) is 64.0 Å². The molecule has 14 heteroatoms. The van der Waals surface area contributed by atoms with Gasteiger partial charge in [-0.2, -0.15) is 10.4 Å². The highest BCUT2D eigenvalue weighted by Gasteiger charge is 2.35. The van der Waals surface area contributed by atoms with Gasteiger partial charge in [0, 0.05) is 29.5 Å². The number of halogens is 2. The van der Waals surface area contributed by atoms with E-state index in [1.807, 2.05) is 25.1 Å². The molecule has 1 amide bonds. The molecule has 0 unspecified atom stereocenters. The number of alkyl halides is 1. The molecule has 0 saturated heterocycles. The third kappa shape index (κ3) is 5.96. The van der Waals surface area contributed by atoms with E-state index in [4.69, 9.17) is 10.1 Å². The molecule has 0 aromatic carbocycles. The van der Waals surface area contributed by atoms with Crippen LogP contribution in [0.4, 0.5) is 14.9 Å². The molecule has 0 spiro atoms. The number of hydrogen-bond donors (Lipinski definition) is 4. The average Bonchev–Trinajstić information content (AvgIpc) is 3.47. The highest BCUT2D eigenvalue weighted by molar-refractivity contribution is 14.1. The number of nitrogens with one attached hydrogen (secondary N) is 2. The normalized spacial score (nSPS) is 18.4. The van der Waals surface area contributed by atoms with E-state index >= 15 is 0 Å². The summed E-state index contributed by atoms with van der Waals surface area (Å²) in [6.45, 7) is 4.52. The van der Waals surface area contributed by atoms with Crippen molar-refractivity contribution in [3.63, 3.8) is 0 Å². The standard InChI is InChI=1S/C27H29FIN9O3/c1-14(33-26(39)40)16-7-17(8-16)34-20-9-21(22-5-4-18-6-15(10-30)11-32-38(18)22)31-12-19(20)24-25(29)37(36-35-24)13-23(28)27(2,3)41/h4-6,9,11-12,14,16-17,23,33,41H,7-8,13H2,1-3H3,(H,31,34)(H,39,40)/t14-,16?,17?,23-/m1/s1. The molecule has 1 aliphatic rings. The fourth-order valence-corrected chi connectivity index (χ4v) is 5.53. The lowest BCUT2D eigenvalue weighted by Gasteiger charge is -2.40. The topological polar surface area (TPSA) is 166 Å². The monoisotopic (exact) mass is 673 g/mol. The summed E-state index contributed by atoms with van der Waals surface area (Å²) in [5.74, 6) is 0.200. The second-order valence-corrected chi connectivity index (χ2v) is 11.9. The van der Waals surface area contributed by atoms with Crippen molar-refractivity contribution in [3.05, 3.63) is 45.9 Å². The Hall–Kier alpha value is -3.84. The Kier molecular flexibility index (Phi) is 7.84. The molecule has 12 nitrogen and oxygen atoms in total. The van der Waals surface area contributed by atoms with Gasteiger partial charge < -0.3 is 20.8 Å². The first-order valence-corrected chi connectivity index (χ1v) is 14.1. The van der Waals surface area contributed by atoms with Crippen LogP contribution >= 0.6 is 22.6 Å². The van der Waals surface area contributed by atoms with Gasteiger partial charge in [0.05, 0.1) is 40.8 Å². The smallest absolute Gasteiger partial charge is 0.404 e. The van der Waals surface area contributed by atoms with Crippen LogP contribution in [-0.2, 0) is 6.54 Å². The number of nitriles is 1. The molecular formula is C27H29FIN9O3. The Balaban J connectivity index is 1.48. The number of amides is 1. The quantitative estimate of drug-likeness (QED) is 0.192. The lowest BCUT2D eigenvalue weighted by atomic mass is 9.76. The maximum absolute atomic E-state index is 14.6. The SMILES string of the molecule is C[C@@H](NC(=O)O)C1CC(Nc2cc(-c3ccc4cc(C#N)cnn34)ncc2-c2nnn(C[C@@H](F)C(C)(C)O)c2I)C1. The fourth-order valence-electron chi connectivity index (χ4n) is 4.84. The van der Waals surface area contributed by atoms with Crippen LogP contribution < -0.4 is 10.6 Å². The third-order valence-corrected chi connectivity index (χ3v) is 8.49. The predicted molar refractivity (Wildman–Crippen MR) is 157 cm³/mol. The highest BCUT2D eigenvalue weighted by atomic mass is 127. The Morgan fingerprint density at radius 2 is 2.07 bits per heavy atom. The number of rotatable bonds is 9. The molecular weight excluding hydrogens is 644 g/mol. The number of aliphatic hydroxyl groups is 1. The summed E-state index contributed by atoms with van der Waals surface area (Å²) in [6, 6.07) is 9.41. The van der Waals surface area contributed by atoms with E-state index in [-0.39, 0.29) is 24.5 Å². The van der Waals surface area contributed by atoms with Gasteiger partial charge in [-0.1, -0.05) is 5.21 Å². The van der Waals surface area contributed by atoms with Crippen molar-refractivity contribution >= 4 is 39.9 Å². The van der Waals surface area contributed by atoms with Gasteiger partial charge in [-0.3, -0.25) is 4.98 Å². The molecule has 1 saturated carbocycles. The number of carbonyl (C=O) groups is 1. The van der Waals surface area contributed by atoms with Crippen LogP contribution in [-0.4, -0.2) is 69.8 Å². The van der Waals surface area contributed by atoms with Gasteiger partial charge in [-0.15, -0.1) is 5.10 Å². The molecule has 4 aromatic heterocycles. The molecule has 1 fully saturated rings. The minimum atomic E-state index is -1.55. The second-order valence-electron chi connectivity index (χ2n) is 10.9. The fraction of sp³-hybridized carbons (Fsp3) is 0.407. The summed E-state index contributed by atoms with van der Waals surface area (Å²) >= 11 is 2.06. The van der Waals surface area contributed by atoms with Crippen LogP contribution in [0.5, 0.6) is 0 Å². The number of nitrogens with zero attached hydrogens (tertiary/aromatic N) is 7. The zero-order valence-electron chi connectivity index (χ0n) is 22.6. The van der Waals surface area contributed by atoms with Crippen LogP contribution in [0.3, 0.4) is 0 Å². The van der Waals surface area contributed by atoms with Crippen molar-refractivity contribution in [2.24, 2.45) is 5.92 Å². The van der Waals surface area contributed by atoms with E-state index < -0.39 is 17.9 Å². The van der Waals surface area contributed by atoms with E-state index in [0.29, 0.717) is 26.2 Å². The molecule has 0 aliphatic heterocycles. The van der Waals surface area contributed by atoms with Gasteiger partial charge in [0.1, 0.15) is 21.6 Å². The van der Waals surface area contributed by atoms with E-state index in [9.17, 15) is 19.6 Å². The molecule has 41 heavy (non-hydrogen) atoms. The third-order valence-electron chi connectivity index (χ3n) is 7.42. The van der Waals surface area contributed by atoms with Crippen LogP contribution in [0.25, 0.3) is 28.2 Å². The predicted octanol–water partition coefficient (Wildman–Crippen LogP) is 4.09. The van der Waals surface area contributed by atoms with E-state index in [2.05, 4.69) is 54.7 Å². The number of anilines is 1. The number of aromatic nitrogens is 6. The lowest BCUT2D eigenvalue weighted by Crippen LogP contribution is -2.47. The zero-order chi connectivity index (χ0) is 29.5. The van der Waals surface area contributed by atoms with Crippen LogP contribution in [0.15, 0.2) is 36.7 Å². The van der Waals surface area contributed by atoms with Crippen molar-refractivity contribution in [1.29, 1.82) is 5.26 Å². The summed E-state index contributed by atoms with van der Waals surface area (Å²) in [7, 11) is 0. The molecule has 4 heterocycles. The Morgan fingerprint density at radius 1 is 1.32 bits per heavy atom. The zero-order valence-corrected chi connectivity index (χ0v) is 24.7. The maximum Gasteiger partial charge on any atom is 0.404 e. The maximum atomic E-state index is 14.6. The van der Waals surface area contributed by atoms with Gasteiger partial charge in [0.2, 0.25) is 0 Å². The molecule has 2 atom stereocenters. The summed E-state index contributed by atoms with van der Waals surface area (Å²) in [5, 5.41) is 47.3. The largest absolute Gasteiger partial charge is 0.465 e. The van der Waals surface area contributed by atoms with Gasteiger partial charge in [-0.05, 0) is 86.4 Å². The van der Waals surface area contributed by atoms with Crippen molar-refractivity contribution in [2.75, 3.05) is 5.32 Å². The van der Waals surface area contributed by atoms with Gasteiger partial charge >= 0.3 is 6.09 Å². The number of carboxylic acid groups (broad SMARTS) is 1. The summed E-state index contributed by atoms with van der Waals surface area (Å²) in [5.41, 5.74) is 2.98. The summed E-state index contributed by atoms with van der Waals surface area (Å²) in [6.07, 6.45) is 2.13. The molecule has 4 aromatic rings. The molecule has 1 aliphatic carbocycles. The molecule has 214 valence electrons. The Morgan fingerprint density at radius 3 is 2.76 bits per heavy atom. The number of hydrogen-bond acceptors (Lipinski definition) is 8. The average molecular weight is 673 g/mol. The minimum absolute atomic E-state index is 0.0885. The van der Waals surface area contributed by atoms with Crippen molar-refractivity contribution in [1.82, 2.24) is 34.9 Å². The first-order chi connectivity index (χ1) is 19.4. The Labute approximate surface area is 248 Å². The van der Waals surface area contributed by atoms with Gasteiger partial charge in [-0.25, -0.2) is 18.4 Å². The highest BCUT2D eigenvalue weighted by Crippen LogP contribution is 2.38. The first kappa shape index (κ1) is 28.7. The van der Waals surface area contributed by atoms with Crippen LogP contribution in [0.1, 0.15) is 39.2 Å².